The van der Waals surface area contributed by atoms with Crippen molar-refractivity contribution in [1.29, 1.82) is 0 Å². The lowest BCUT2D eigenvalue weighted by Crippen LogP contribution is -2.15. The molecule has 0 aromatic heterocycles. The fourth-order valence-electron chi connectivity index (χ4n) is 3.70. The van der Waals surface area contributed by atoms with Crippen LogP contribution in [-0.4, -0.2) is 42.0 Å². The number of nitrogens with one attached hydrogen (secondary N) is 1. The summed E-state index contributed by atoms with van der Waals surface area (Å²) in [5.41, 5.74) is 2.27. The monoisotopic (exact) mass is 527 g/mol. The van der Waals surface area contributed by atoms with Crippen molar-refractivity contribution in [3.05, 3.63) is 65.2 Å². The van der Waals surface area contributed by atoms with Crippen molar-refractivity contribution in [1.82, 2.24) is 0 Å². The summed E-state index contributed by atoms with van der Waals surface area (Å²) in [6.07, 6.45) is 3.40. The van der Waals surface area contributed by atoms with Gasteiger partial charge in [0.1, 0.15) is 0 Å². The topological polar surface area (TPSA) is 103 Å². The van der Waals surface area contributed by atoms with Gasteiger partial charge in [0, 0.05) is 11.6 Å². The second kappa shape index (κ2) is 11.0. The fourth-order valence-corrected chi connectivity index (χ4v) is 4.77. The van der Waals surface area contributed by atoms with Gasteiger partial charge in [-0.2, -0.15) is 0 Å². The summed E-state index contributed by atoms with van der Waals surface area (Å²) in [5, 5.41) is 10.4. The van der Waals surface area contributed by atoms with Crippen molar-refractivity contribution in [3.8, 4) is 28.7 Å². The molecular weight excluding hydrogens is 494 g/mol. The second-order valence-corrected chi connectivity index (χ2v) is 11.0. The van der Waals surface area contributed by atoms with Gasteiger partial charge in [-0.05, 0) is 46.9 Å². The third-order valence-electron chi connectivity index (χ3n) is 5.77. The molecule has 0 aliphatic heterocycles. The molecule has 3 aromatic rings. The fraction of sp³-hybridized carbons (Fsp3) is 0.286. The van der Waals surface area contributed by atoms with E-state index in [4.69, 9.17) is 18.9 Å². The van der Waals surface area contributed by atoms with E-state index in [9.17, 15) is 13.5 Å². The van der Waals surface area contributed by atoms with E-state index in [2.05, 4.69) is 25.5 Å². The summed E-state index contributed by atoms with van der Waals surface area (Å²) in [7, 11) is 2.03. The molecule has 3 aromatic carbocycles. The molecule has 9 heteroatoms. The van der Waals surface area contributed by atoms with E-state index < -0.39 is 10.0 Å². The molecule has 0 saturated carbocycles. The first-order valence-corrected chi connectivity index (χ1v) is 12.9. The van der Waals surface area contributed by atoms with Gasteiger partial charge in [-0.3, -0.25) is 4.72 Å². The maximum atomic E-state index is 13.2. The number of rotatable bonds is 9. The van der Waals surface area contributed by atoms with Gasteiger partial charge in [0.25, 0.3) is 10.0 Å². The summed E-state index contributed by atoms with van der Waals surface area (Å²) < 4.78 is 50.4. The molecule has 8 nitrogen and oxygen atoms in total. The van der Waals surface area contributed by atoms with Gasteiger partial charge >= 0.3 is 0 Å². The van der Waals surface area contributed by atoms with E-state index in [0.717, 1.165) is 5.56 Å². The van der Waals surface area contributed by atoms with Crippen LogP contribution in [0.1, 0.15) is 37.5 Å². The lowest BCUT2D eigenvalue weighted by molar-refractivity contribution is 0.324. The third kappa shape index (κ3) is 6.29. The summed E-state index contributed by atoms with van der Waals surface area (Å²) in [6, 6.07) is 13.1. The lowest BCUT2D eigenvalue weighted by Gasteiger charge is -2.19. The van der Waals surface area contributed by atoms with Gasteiger partial charge in [0.15, 0.2) is 23.0 Å². The highest BCUT2D eigenvalue weighted by atomic mass is 32.2. The van der Waals surface area contributed by atoms with Gasteiger partial charge in [-0.25, -0.2) is 8.42 Å². The summed E-state index contributed by atoms with van der Waals surface area (Å²) in [4.78, 5) is 0.118. The summed E-state index contributed by atoms with van der Waals surface area (Å²) in [5.74, 6) is 1.39. The van der Waals surface area contributed by atoms with Gasteiger partial charge in [-0.15, -0.1) is 0 Å². The van der Waals surface area contributed by atoms with E-state index in [1.807, 2.05) is 0 Å². The number of methoxy groups -OCH3 is 4. The van der Waals surface area contributed by atoms with Gasteiger partial charge < -0.3 is 24.1 Å². The molecule has 2 N–H and O–H groups in total. The number of phenols is 1. The lowest BCUT2D eigenvalue weighted by atomic mass is 9.87. The van der Waals surface area contributed by atoms with Crippen LogP contribution >= 0.6 is 0 Å². The first kappa shape index (κ1) is 27.7. The van der Waals surface area contributed by atoms with Crippen LogP contribution in [0.3, 0.4) is 0 Å². The summed E-state index contributed by atoms with van der Waals surface area (Å²) in [6.45, 7) is 6.18. The quantitative estimate of drug-likeness (QED) is 0.272. The molecule has 0 fully saturated rings. The molecule has 0 saturated heterocycles. The number of hydrogen-bond donors (Lipinski definition) is 2. The molecule has 0 atom stereocenters. The van der Waals surface area contributed by atoms with Crippen molar-refractivity contribution >= 4 is 27.9 Å². The Labute approximate surface area is 218 Å². The van der Waals surface area contributed by atoms with Crippen LogP contribution in [0.5, 0.6) is 28.7 Å². The average molecular weight is 528 g/mol. The first-order valence-electron chi connectivity index (χ1n) is 11.5. The highest BCUT2D eigenvalue weighted by molar-refractivity contribution is 7.92. The second-order valence-electron chi connectivity index (χ2n) is 9.28. The minimum Gasteiger partial charge on any atom is -0.504 e. The standard InChI is InChI=1S/C28H33NO7S/c1-28(2,3)20-10-12-21(13-11-20)37(31,32)29-22-17-24(33-4)23(30)16-19(22)9-8-18-14-25(34-5)27(36-7)26(15-18)35-6/h8-17,29-30H,1-7H3/b9-8-. The molecule has 0 unspecified atom stereocenters. The van der Waals surface area contributed by atoms with E-state index in [1.165, 1.54) is 40.6 Å². The molecule has 0 spiro atoms. The smallest absolute Gasteiger partial charge is 0.261 e. The Morgan fingerprint density at radius 2 is 1.35 bits per heavy atom. The molecular formula is C28H33NO7S. The Balaban J connectivity index is 2.02. The van der Waals surface area contributed by atoms with E-state index in [0.29, 0.717) is 28.4 Å². The van der Waals surface area contributed by atoms with Crippen LogP contribution in [-0.2, 0) is 15.4 Å². The molecule has 37 heavy (non-hydrogen) atoms. The van der Waals surface area contributed by atoms with E-state index in [1.54, 1.807) is 48.6 Å². The zero-order chi connectivity index (χ0) is 27.4. The molecule has 0 aliphatic rings. The third-order valence-corrected chi connectivity index (χ3v) is 7.15. The average Bonchev–Trinajstić information content (AvgIpc) is 2.87. The largest absolute Gasteiger partial charge is 0.504 e. The van der Waals surface area contributed by atoms with Crippen LogP contribution in [0, 0.1) is 0 Å². The van der Waals surface area contributed by atoms with Gasteiger partial charge in [0.2, 0.25) is 5.75 Å². The van der Waals surface area contributed by atoms with Crippen LogP contribution in [0.25, 0.3) is 12.2 Å². The molecule has 198 valence electrons. The van der Waals surface area contributed by atoms with Gasteiger partial charge in [-0.1, -0.05) is 45.1 Å². The number of hydrogen-bond acceptors (Lipinski definition) is 7. The van der Waals surface area contributed by atoms with Crippen LogP contribution in [0.2, 0.25) is 0 Å². The van der Waals surface area contributed by atoms with Crippen LogP contribution < -0.4 is 23.7 Å². The van der Waals surface area contributed by atoms with Crippen molar-refractivity contribution < 1.29 is 32.5 Å². The van der Waals surface area contributed by atoms with E-state index in [-0.39, 0.29) is 27.5 Å². The Kier molecular flexibility index (Phi) is 8.28. The van der Waals surface area contributed by atoms with Crippen molar-refractivity contribution in [2.75, 3.05) is 33.2 Å². The SMILES string of the molecule is COc1cc(NS(=O)(=O)c2ccc(C(C)(C)C)cc2)c(/C=C\c2cc(OC)c(OC)c(OC)c2)cc1O. The molecule has 0 bridgehead atoms. The Morgan fingerprint density at radius 1 is 0.784 bits per heavy atom. The number of benzene rings is 3. The number of phenolic OH excluding ortho intramolecular Hbond substituents is 1. The molecule has 0 heterocycles. The number of anilines is 1. The van der Waals surface area contributed by atoms with Crippen molar-refractivity contribution in [2.45, 2.75) is 31.1 Å². The Morgan fingerprint density at radius 3 is 1.84 bits per heavy atom. The predicted molar refractivity (Wildman–Crippen MR) is 146 cm³/mol. The van der Waals surface area contributed by atoms with E-state index >= 15 is 0 Å². The van der Waals surface area contributed by atoms with Crippen LogP contribution in [0.4, 0.5) is 5.69 Å². The van der Waals surface area contributed by atoms with Crippen LogP contribution in [0.15, 0.2) is 53.4 Å². The normalized spacial score (nSPS) is 11.9. The highest BCUT2D eigenvalue weighted by Gasteiger charge is 2.20. The molecule has 3 rings (SSSR count). The zero-order valence-electron chi connectivity index (χ0n) is 22.1. The first-order chi connectivity index (χ1) is 17.4. The minimum atomic E-state index is -3.93. The zero-order valence-corrected chi connectivity index (χ0v) is 22.9. The number of ether oxygens (including phenoxy) is 4. The maximum absolute atomic E-state index is 13.2. The van der Waals surface area contributed by atoms with Gasteiger partial charge in [0.05, 0.1) is 39.0 Å². The molecule has 0 amide bonds. The molecule has 0 radical (unpaired) electrons. The summed E-state index contributed by atoms with van der Waals surface area (Å²) >= 11 is 0. The Hall–Kier alpha value is -3.85. The predicted octanol–water partition coefficient (Wildman–Crippen LogP) is 5.70. The number of sulfonamides is 1. The molecule has 0 aliphatic carbocycles. The minimum absolute atomic E-state index is 0.106. The van der Waals surface area contributed by atoms with Crippen molar-refractivity contribution in [3.63, 3.8) is 0 Å². The highest BCUT2D eigenvalue weighted by Crippen LogP contribution is 2.39. The maximum Gasteiger partial charge on any atom is 0.261 e. The van der Waals surface area contributed by atoms with Crippen molar-refractivity contribution in [2.24, 2.45) is 0 Å². The Bertz CT molecular complexity index is 1360. The number of aromatic hydroxyl groups is 1.